The predicted octanol–water partition coefficient (Wildman–Crippen LogP) is 1.86. The van der Waals surface area contributed by atoms with E-state index in [1.807, 2.05) is 0 Å². The number of hydrogen-bond donors (Lipinski definition) is 1. The van der Waals surface area contributed by atoms with Crippen molar-refractivity contribution in [2.24, 2.45) is 0 Å². The Hall–Kier alpha value is -0.0800. The van der Waals surface area contributed by atoms with Crippen LogP contribution >= 0.6 is 0 Å². The lowest BCUT2D eigenvalue weighted by Crippen LogP contribution is -2.54. The molecule has 1 rings (SSSR count). The highest BCUT2D eigenvalue weighted by Crippen LogP contribution is 2.17. The Bertz CT molecular complexity index is 145. The van der Waals surface area contributed by atoms with E-state index >= 15 is 0 Å². The smallest absolute Gasteiger partial charge is 0.0249 e. The van der Waals surface area contributed by atoms with Crippen LogP contribution in [0.3, 0.4) is 0 Å². The molecule has 0 saturated carbocycles. The van der Waals surface area contributed by atoms with Gasteiger partial charge in [0.25, 0.3) is 0 Å². The predicted molar refractivity (Wildman–Crippen MR) is 58.0 cm³/mol. The van der Waals surface area contributed by atoms with E-state index in [-0.39, 0.29) is 0 Å². The second-order valence-corrected chi connectivity index (χ2v) is 4.38. The molecule has 0 bridgehead atoms. The molecule has 1 heterocycles. The molecule has 2 heteroatoms. The molecule has 1 aliphatic heterocycles. The quantitative estimate of drug-likeness (QED) is 0.720. The van der Waals surface area contributed by atoms with E-state index in [4.69, 9.17) is 0 Å². The van der Waals surface area contributed by atoms with Crippen LogP contribution in [-0.2, 0) is 0 Å². The number of piperidine rings is 1. The van der Waals surface area contributed by atoms with Crippen molar-refractivity contribution in [3.05, 3.63) is 0 Å². The van der Waals surface area contributed by atoms with Crippen molar-refractivity contribution >= 4 is 0 Å². The molecule has 0 aromatic rings. The second kappa shape index (κ2) is 4.97. The molecule has 78 valence electrons. The van der Waals surface area contributed by atoms with Crippen LogP contribution in [0.15, 0.2) is 0 Å². The van der Waals surface area contributed by atoms with Crippen LogP contribution < -0.4 is 5.32 Å². The van der Waals surface area contributed by atoms with Gasteiger partial charge in [0.1, 0.15) is 0 Å². The van der Waals surface area contributed by atoms with Gasteiger partial charge >= 0.3 is 0 Å². The lowest BCUT2D eigenvalue weighted by Gasteiger charge is -2.40. The van der Waals surface area contributed by atoms with Gasteiger partial charge < -0.3 is 5.32 Å². The molecule has 0 aromatic carbocycles. The largest absolute Gasteiger partial charge is 0.313 e. The number of rotatable bonds is 3. The molecule has 0 radical (unpaired) electrons. The zero-order valence-corrected chi connectivity index (χ0v) is 9.51. The average molecular weight is 184 g/mol. The van der Waals surface area contributed by atoms with Crippen molar-refractivity contribution < 1.29 is 0 Å². The minimum atomic E-state index is 0.663. The maximum absolute atomic E-state index is 3.56. The lowest BCUT2D eigenvalue weighted by atomic mass is 9.97. The topological polar surface area (TPSA) is 15.3 Å². The molecule has 1 saturated heterocycles. The third kappa shape index (κ3) is 2.68. The van der Waals surface area contributed by atoms with E-state index in [2.05, 4.69) is 37.9 Å². The van der Waals surface area contributed by atoms with Gasteiger partial charge in [-0.1, -0.05) is 6.92 Å². The van der Waals surface area contributed by atoms with E-state index in [9.17, 15) is 0 Å². The summed E-state index contributed by atoms with van der Waals surface area (Å²) < 4.78 is 0. The summed E-state index contributed by atoms with van der Waals surface area (Å²) in [5.74, 6) is 0. The molecule has 1 fully saturated rings. The molecule has 1 N–H and O–H groups in total. The van der Waals surface area contributed by atoms with Crippen molar-refractivity contribution in [1.29, 1.82) is 0 Å². The van der Waals surface area contributed by atoms with Gasteiger partial charge in [0.2, 0.25) is 0 Å². The Kier molecular flexibility index (Phi) is 4.20. The van der Waals surface area contributed by atoms with Crippen molar-refractivity contribution in [2.75, 3.05) is 13.1 Å². The van der Waals surface area contributed by atoms with Gasteiger partial charge in [-0.05, 0) is 46.7 Å². The summed E-state index contributed by atoms with van der Waals surface area (Å²) >= 11 is 0. The van der Waals surface area contributed by atoms with Gasteiger partial charge in [-0.15, -0.1) is 0 Å². The summed E-state index contributed by atoms with van der Waals surface area (Å²) in [5, 5.41) is 3.56. The number of likely N-dealkylation sites (N-methyl/N-ethyl adjacent to an activating group) is 1. The molecular formula is C11H24N2. The van der Waals surface area contributed by atoms with Gasteiger partial charge in [-0.25, -0.2) is 0 Å². The summed E-state index contributed by atoms with van der Waals surface area (Å²) in [6, 6.07) is 2.09. The molecular weight excluding hydrogens is 160 g/mol. The summed E-state index contributed by atoms with van der Waals surface area (Å²) in [5.41, 5.74) is 0. The Morgan fingerprint density at radius 1 is 1.46 bits per heavy atom. The minimum absolute atomic E-state index is 0.663. The van der Waals surface area contributed by atoms with E-state index in [1.165, 1.54) is 25.9 Å². The van der Waals surface area contributed by atoms with Crippen LogP contribution in [-0.4, -0.2) is 36.1 Å². The first-order chi connectivity index (χ1) is 6.16. The number of hydrogen-bond acceptors (Lipinski definition) is 2. The zero-order chi connectivity index (χ0) is 9.84. The molecule has 2 nitrogen and oxygen atoms in total. The first-order valence-corrected chi connectivity index (χ1v) is 5.66. The van der Waals surface area contributed by atoms with E-state index in [0.717, 1.165) is 6.04 Å². The normalized spacial score (nSPS) is 30.0. The van der Waals surface area contributed by atoms with Crippen molar-refractivity contribution in [2.45, 2.75) is 58.7 Å². The average Bonchev–Trinajstić information content (AvgIpc) is 2.09. The molecule has 13 heavy (non-hydrogen) atoms. The van der Waals surface area contributed by atoms with Crippen LogP contribution in [0.2, 0.25) is 0 Å². The molecule has 0 amide bonds. The third-order valence-corrected chi connectivity index (χ3v) is 3.17. The SMILES string of the molecule is CCN(C(C)C)C1CCCNC1C. The Morgan fingerprint density at radius 2 is 2.15 bits per heavy atom. The minimum Gasteiger partial charge on any atom is -0.313 e. The number of nitrogens with zero attached hydrogens (tertiary/aromatic N) is 1. The highest BCUT2D eigenvalue weighted by Gasteiger charge is 2.27. The van der Waals surface area contributed by atoms with Gasteiger partial charge in [-0.3, -0.25) is 4.90 Å². The van der Waals surface area contributed by atoms with Crippen molar-refractivity contribution in [3.63, 3.8) is 0 Å². The third-order valence-electron chi connectivity index (χ3n) is 3.17. The summed E-state index contributed by atoms with van der Waals surface area (Å²) in [6.45, 7) is 11.5. The zero-order valence-electron chi connectivity index (χ0n) is 9.51. The van der Waals surface area contributed by atoms with Gasteiger partial charge in [0.05, 0.1) is 0 Å². The Balaban J connectivity index is 2.55. The van der Waals surface area contributed by atoms with Crippen molar-refractivity contribution in [3.8, 4) is 0 Å². The summed E-state index contributed by atoms with van der Waals surface area (Å²) in [4.78, 5) is 2.61. The fraction of sp³-hybridized carbons (Fsp3) is 1.00. The van der Waals surface area contributed by atoms with Crippen LogP contribution in [0.4, 0.5) is 0 Å². The Labute approximate surface area is 82.7 Å². The maximum Gasteiger partial charge on any atom is 0.0249 e. The van der Waals surface area contributed by atoms with Gasteiger partial charge in [-0.2, -0.15) is 0 Å². The fourth-order valence-electron chi connectivity index (χ4n) is 2.46. The molecule has 0 aromatic heterocycles. The van der Waals surface area contributed by atoms with Crippen LogP contribution in [0, 0.1) is 0 Å². The molecule has 2 unspecified atom stereocenters. The maximum atomic E-state index is 3.56. The molecule has 2 atom stereocenters. The van der Waals surface area contributed by atoms with Crippen LogP contribution in [0.25, 0.3) is 0 Å². The molecule has 0 aliphatic carbocycles. The second-order valence-electron chi connectivity index (χ2n) is 4.38. The Morgan fingerprint density at radius 3 is 2.62 bits per heavy atom. The monoisotopic (exact) mass is 184 g/mol. The van der Waals surface area contributed by atoms with Crippen molar-refractivity contribution in [1.82, 2.24) is 10.2 Å². The van der Waals surface area contributed by atoms with E-state index in [1.54, 1.807) is 0 Å². The van der Waals surface area contributed by atoms with Gasteiger partial charge in [0.15, 0.2) is 0 Å². The van der Waals surface area contributed by atoms with E-state index < -0.39 is 0 Å². The summed E-state index contributed by atoms with van der Waals surface area (Å²) in [7, 11) is 0. The van der Waals surface area contributed by atoms with Crippen LogP contribution in [0.1, 0.15) is 40.5 Å². The fourth-order valence-corrected chi connectivity index (χ4v) is 2.46. The lowest BCUT2D eigenvalue weighted by molar-refractivity contribution is 0.108. The van der Waals surface area contributed by atoms with Crippen LogP contribution in [0.5, 0.6) is 0 Å². The first-order valence-electron chi connectivity index (χ1n) is 5.66. The summed E-state index contributed by atoms with van der Waals surface area (Å²) in [6.07, 6.45) is 2.69. The standard InChI is InChI=1S/C11H24N2/c1-5-13(9(2)3)11-7-6-8-12-10(11)4/h9-12H,5-8H2,1-4H3. The highest BCUT2D eigenvalue weighted by molar-refractivity contribution is 4.86. The molecule has 1 aliphatic rings. The first kappa shape index (κ1) is 11.0. The molecule has 0 spiro atoms. The van der Waals surface area contributed by atoms with Gasteiger partial charge in [0, 0.05) is 18.1 Å². The highest BCUT2D eigenvalue weighted by atomic mass is 15.2. The number of nitrogens with one attached hydrogen (secondary N) is 1. The van der Waals surface area contributed by atoms with E-state index in [0.29, 0.717) is 12.1 Å².